The van der Waals surface area contributed by atoms with E-state index in [1.807, 2.05) is 25.1 Å². The molecule has 0 aliphatic rings. The van der Waals surface area contributed by atoms with Gasteiger partial charge in [0.15, 0.2) is 6.10 Å². The number of nitrogens with two attached hydrogens (primary N) is 1. The van der Waals surface area contributed by atoms with Gasteiger partial charge in [-0.15, -0.1) is 0 Å². The largest absolute Gasteiger partial charge is 0.449 e. The maximum Gasteiger partial charge on any atom is 0.338 e. The van der Waals surface area contributed by atoms with E-state index in [-0.39, 0.29) is 5.91 Å². The third-order valence-electron chi connectivity index (χ3n) is 3.32. The zero-order chi connectivity index (χ0) is 16.8. The second-order valence-electron chi connectivity index (χ2n) is 5.29. The van der Waals surface area contributed by atoms with E-state index in [4.69, 9.17) is 10.5 Å². The standard InChI is InChI=1S/C18H20N2O3/c1-3-16(17(21)20-15-9-4-6-12(2)10-15)23-18(22)13-7-5-8-14(19)11-13/h4-11,16H,3,19H2,1-2H3,(H,20,21). The molecule has 5 nitrogen and oxygen atoms in total. The first kappa shape index (κ1) is 16.5. The lowest BCUT2D eigenvalue weighted by atomic mass is 10.2. The number of rotatable bonds is 5. The summed E-state index contributed by atoms with van der Waals surface area (Å²) in [6.07, 6.45) is -0.476. The van der Waals surface area contributed by atoms with Crippen LogP contribution in [0.3, 0.4) is 0 Å². The van der Waals surface area contributed by atoms with Crippen molar-refractivity contribution in [2.24, 2.45) is 0 Å². The molecule has 1 atom stereocenters. The fourth-order valence-corrected chi connectivity index (χ4v) is 2.13. The number of benzene rings is 2. The Bertz CT molecular complexity index is 713. The van der Waals surface area contributed by atoms with Crippen LogP contribution in [0.5, 0.6) is 0 Å². The molecule has 1 amide bonds. The highest BCUT2D eigenvalue weighted by atomic mass is 16.5. The third-order valence-corrected chi connectivity index (χ3v) is 3.32. The minimum Gasteiger partial charge on any atom is -0.449 e. The minimum atomic E-state index is -0.857. The summed E-state index contributed by atoms with van der Waals surface area (Å²) in [7, 11) is 0. The van der Waals surface area contributed by atoms with Gasteiger partial charge in [-0.05, 0) is 49.2 Å². The second kappa shape index (κ2) is 7.45. The Balaban J connectivity index is 2.04. The summed E-state index contributed by atoms with van der Waals surface area (Å²) in [5.74, 6) is -0.918. The fourth-order valence-electron chi connectivity index (χ4n) is 2.13. The maximum atomic E-state index is 12.3. The van der Waals surface area contributed by atoms with E-state index in [9.17, 15) is 9.59 Å². The Morgan fingerprint density at radius 2 is 1.91 bits per heavy atom. The normalized spacial score (nSPS) is 11.6. The number of carbonyl (C=O) groups excluding carboxylic acids is 2. The smallest absolute Gasteiger partial charge is 0.338 e. The van der Waals surface area contributed by atoms with Gasteiger partial charge in [-0.1, -0.05) is 25.1 Å². The molecule has 0 saturated carbocycles. The molecule has 2 aromatic rings. The number of amides is 1. The number of nitrogens with one attached hydrogen (secondary N) is 1. The molecule has 0 aromatic heterocycles. The molecule has 0 saturated heterocycles. The van der Waals surface area contributed by atoms with Crippen LogP contribution in [0.15, 0.2) is 48.5 Å². The van der Waals surface area contributed by atoms with Crippen LogP contribution in [0.25, 0.3) is 0 Å². The Kier molecular flexibility index (Phi) is 5.36. The van der Waals surface area contributed by atoms with Gasteiger partial charge < -0.3 is 15.8 Å². The van der Waals surface area contributed by atoms with Crippen molar-refractivity contribution in [1.82, 2.24) is 0 Å². The minimum absolute atomic E-state index is 0.326. The van der Waals surface area contributed by atoms with Crippen molar-refractivity contribution in [3.63, 3.8) is 0 Å². The number of esters is 1. The van der Waals surface area contributed by atoms with Crippen molar-refractivity contribution in [1.29, 1.82) is 0 Å². The van der Waals surface area contributed by atoms with Crippen molar-refractivity contribution in [2.75, 3.05) is 11.1 Å². The number of anilines is 2. The van der Waals surface area contributed by atoms with Crippen LogP contribution in [-0.2, 0) is 9.53 Å². The fraction of sp³-hybridized carbons (Fsp3) is 0.222. The van der Waals surface area contributed by atoms with Crippen molar-refractivity contribution in [2.45, 2.75) is 26.4 Å². The SMILES string of the molecule is CCC(OC(=O)c1cccc(N)c1)C(=O)Nc1cccc(C)c1. The molecule has 23 heavy (non-hydrogen) atoms. The molecule has 0 radical (unpaired) electrons. The molecular formula is C18H20N2O3. The molecule has 2 rings (SSSR count). The van der Waals surface area contributed by atoms with Crippen LogP contribution >= 0.6 is 0 Å². The molecule has 3 N–H and O–H groups in total. The van der Waals surface area contributed by atoms with Crippen LogP contribution < -0.4 is 11.1 Å². The Morgan fingerprint density at radius 3 is 2.57 bits per heavy atom. The van der Waals surface area contributed by atoms with Gasteiger partial charge in [-0.3, -0.25) is 4.79 Å². The van der Waals surface area contributed by atoms with Crippen molar-refractivity contribution in [3.05, 3.63) is 59.7 Å². The van der Waals surface area contributed by atoms with E-state index in [1.165, 1.54) is 6.07 Å². The summed E-state index contributed by atoms with van der Waals surface area (Å²) in [6, 6.07) is 13.9. The predicted molar refractivity (Wildman–Crippen MR) is 90.2 cm³/mol. The molecule has 0 heterocycles. The number of hydrogen-bond donors (Lipinski definition) is 2. The Morgan fingerprint density at radius 1 is 1.17 bits per heavy atom. The van der Waals surface area contributed by atoms with E-state index in [1.54, 1.807) is 31.2 Å². The Labute approximate surface area is 135 Å². The highest BCUT2D eigenvalue weighted by Crippen LogP contribution is 2.14. The highest BCUT2D eigenvalue weighted by molar-refractivity contribution is 5.97. The number of aryl methyl sites for hydroxylation is 1. The van der Waals surface area contributed by atoms with Crippen LogP contribution in [0.1, 0.15) is 29.3 Å². The molecule has 0 aliphatic heterocycles. The summed E-state index contributed by atoms with van der Waals surface area (Å²) in [5, 5.41) is 2.76. The maximum absolute atomic E-state index is 12.3. The molecular weight excluding hydrogens is 292 g/mol. The average molecular weight is 312 g/mol. The lowest BCUT2D eigenvalue weighted by molar-refractivity contribution is -0.124. The lowest BCUT2D eigenvalue weighted by Gasteiger charge is -2.16. The van der Waals surface area contributed by atoms with Gasteiger partial charge in [0, 0.05) is 11.4 Å². The second-order valence-corrected chi connectivity index (χ2v) is 5.29. The predicted octanol–water partition coefficient (Wildman–Crippen LogP) is 3.15. The summed E-state index contributed by atoms with van der Waals surface area (Å²) in [4.78, 5) is 24.4. The number of nitrogen functional groups attached to an aromatic ring is 1. The van der Waals surface area contributed by atoms with Gasteiger partial charge in [0.2, 0.25) is 0 Å². The molecule has 0 aliphatic carbocycles. The van der Waals surface area contributed by atoms with Gasteiger partial charge in [0.25, 0.3) is 5.91 Å². The quantitative estimate of drug-likeness (QED) is 0.656. The van der Waals surface area contributed by atoms with Gasteiger partial charge in [0.1, 0.15) is 0 Å². The van der Waals surface area contributed by atoms with Crippen molar-refractivity contribution in [3.8, 4) is 0 Å². The van der Waals surface area contributed by atoms with Gasteiger partial charge in [-0.2, -0.15) is 0 Å². The monoisotopic (exact) mass is 312 g/mol. The van der Waals surface area contributed by atoms with Crippen LogP contribution in [-0.4, -0.2) is 18.0 Å². The summed E-state index contributed by atoms with van der Waals surface area (Å²) in [5.41, 5.74) is 8.15. The first-order valence-corrected chi connectivity index (χ1v) is 7.43. The van der Waals surface area contributed by atoms with Crippen molar-refractivity contribution >= 4 is 23.3 Å². The average Bonchev–Trinajstić information content (AvgIpc) is 2.52. The first-order chi connectivity index (χ1) is 11.0. The van der Waals surface area contributed by atoms with Gasteiger partial charge in [-0.25, -0.2) is 4.79 Å². The van der Waals surface area contributed by atoms with E-state index < -0.39 is 12.1 Å². The van der Waals surface area contributed by atoms with E-state index in [0.29, 0.717) is 23.4 Å². The molecule has 2 aromatic carbocycles. The zero-order valence-corrected chi connectivity index (χ0v) is 13.2. The summed E-state index contributed by atoms with van der Waals surface area (Å²) < 4.78 is 5.30. The number of hydrogen-bond acceptors (Lipinski definition) is 4. The summed E-state index contributed by atoms with van der Waals surface area (Å²) >= 11 is 0. The Hall–Kier alpha value is -2.82. The van der Waals surface area contributed by atoms with Crippen molar-refractivity contribution < 1.29 is 14.3 Å². The number of ether oxygens (including phenoxy) is 1. The topological polar surface area (TPSA) is 81.4 Å². The molecule has 0 fully saturated rings. The molecule has 120 valence electrons. The molecule has 0 spiro atoms. The summed E-state index contributed by atoms with van der Waals surface area (Å²) in [6.45, 7) is 3.72. The number of carbonyl (C=O) groups is 2. The van der Waals surface area contributed by atoms with Crippen LogP contribution in [0.2, 0.25) is 0 Å². The van der Waals surface area contributed by atoms with Crippen LogP contribution in [0, 0.1) is 6.92 Å². The first-order valence-electron chi connectivity index (χ1n) is 7.43. The van der Waals surface area contributed by atoms with Gasteiger partial charge in [0.05, 0.1) is 5.56 Å². The van der Waals surface area contributed by atoms with E-state index in [0.717, 1.165) is 5.56 Å². The molecule has 5 heteroatoms. The lowest BCUT2D eigenvalue weighted by Crippen LogP contribution is -2.32. The zero-order valence-electron chi connectivity index (χ0n) is 13.2. The van der Waals surface area contributed by atoms with E-state index >= 15 is 0 Å². The van der Waals surface area contributed by atoms with E-state index in [2.05, 4.69) is 5.32 Å². The molecule has 0 bridgehead atoms. The molecule has 1 unspecified atom stereocenters. The highest BCUT2D eigenvalue weighted by Gasteiger charge is 2.22. The third kappa shape index (κ3) is 4.57. The van der Waals surface area contributed by atoms with Gasteiger partial charge >= 0.3 is 5.97 Å². The van der Waals surface area contributed by atoms with Crippen LogP contribution in [0.4, 0.5) is 11.4 Å².